The molecule has 3 aromatic rings. The van der Waals surface area contributed by atoms with Gasteiger partial charge in [-0.2, -0.15) is 5.10 Å². The van der Waals surface area contributed by atoms with Gasteiger partial charge in [-0.3, -0.25) is 9.59 Å². The number of piperidine rings is 1. The Balaban J connectivity index is 1.20. The fourth-order valence-corrected chi connectivity index (χ4v) is 5.18. The smallest absolute Gasteiger partial charge is 0.267 e. The van der Waals surface area contributed by atoms with Crippen LogP contribution >= 0.6 is 0 Å². The van der Waals surface area contributed by atoms with Crippen LogP contribution in [0.4, 0.5) is 0 Å². The van der Waals surface area contributed by atoms with Crippen molar-refractivity contribution in [3.8, 4) is 0 Å². The number of hydrogen-bond acceptors (Lipinski definition) is 3. The van der Waals surface area contributed by atoms with Gasteiger partial charge in [0.25, 0.3) is 5.56 Å². The number of likely N-dealkylation sites (tertiary alicyclic amines) is 1. The molecule has 6 heteroatoms. The Hall–Kier alpha value is -2.89. The number of para-hydroxylation sites is 1. The number of aryl methyl sites for hydroxylation is 3. The fraction of sp³-hybridized carbons (Fsp3) is 0.480. The van der Waals surface area contributed by atoms with Crippen LogP contribution in [0.3, 0.4) is 0 Å². The molecule has 2 aromatic heterocycles. The minimum atomic E-state index is 0.0233. The van der Waals surface area contributed by atoms with Gasteiger partial charge < -0.3 is 9.47 Å². The normalized spacial score (nSPS) is 17.1. The summed E-state index contributed by atoms with van der Waals surface area (Å²) in [4.78, 5) is 27.4. The van der Waals surface area contributed by atoms with Crippen LogP contribution in [0.25, 0.3) is 10.9 Å². The van der Waals surface area contributed by atoms with Crippen molar-refractivity contribution in [3.05, 3.63) is 63.7 Å². The number of carbonyl (C=O) groups excluding carboxylic acids is 1. The second-order valence-electron chi connectivity index (χ2n) is 9.13. The lowest BCUT2D eigenvalue weighted by atomic mass is 9.95. The quantitative estimate of drug-likeness (QED) is 0.654. The number of nitrogens with zero attached hydrogens (tertiary/aromatic N) is 4. The maximum Gasteiger partial charge on any atom is 0.267 e. The Bertz CT molecular complexity index is 1170. The molecule has 1 aromatic carbocycles. The van der Waals surface area contributed by atoms with E-state index < -0.39 is 0 Å². The summed E-state index contributed by atoms with van der Waals surface area (Å²) in [5, 5.41) is 5.83. The van der Waals surface area contributed by atoms with Crippen LogP contribution in [0.2, 0.25) is 0 Å². The maximum absolute atomic E-state index is 12.9. The molecule has 162 valence electrons. The Labute approximate surface area is 182 Å². The first kappa shape index (κ1) is 20.0. The van der Waals surface area contributed by atoms with Gasteiger partial charge in [0.05, 0.1) is 12.1 Å². The zero-order valence-corrected chi connectivity index (χ0v) is 18.2. The highest BCUT2D eigenvalue weighted by atomic mass is 16.2. The standard InChI is InChI=1S/C25H30N4O2/c1-27-17-20(21-7-3-5-9-23(21)27)15-24(30)28-12-10-18(11-13-28)16-29-25(31)14-19-6-2-4-8-22(19)26-29/h3,5,7,9,14,17-18H,2,4,6,8,10-13,15-16H2,1H3. The van der Waals surface area contributed by atoms with Gasteiger partial charge in [0.2, 0.25) is 5.91 Å². The minimum Gasteiger partial charge on any atom is -0.350 e. The molecule has 0 unspecified atom stereocenters. The van der Waals surface area contributed by atoms with Crippen LogP contribution in [-0.4, -0.2) is 38.2 Å². The van der Waals surface area contributed by atoms with E-state index in [1.165, 1.54) is 0 Å². The summed E-state index contributed by atoms with van der Waals surface area (Å²) in [6.07, 6.45) is 8.64. The van der Waals surface area contributed by atoms with Crippen LogP contribution in [0.1, 0.15) is 42.5 Å². The number of amides is 1. The molecule has 1 aliphatic heterocycles. The second-order valence-corrected chi connectivity index (χ2v) is 9.13. The number of benzene rings is 1. The predicted octanol–water partition coefficient (Wildman–Crippen LogP) is 3.10. The molecule has 1 amide bonds. The molecule has 5 rings (SSSR count). The predicted molar refractivity (Wildman–Crippen MR) is 121 cm³/mol. The van der Waals surface area contributed by atoms with Gasteiger partial charge >= 0.3 is 0 Å². The first-order valence-corrected chi connectivity index (χ1v) is 11.5. The zero-order chi connectivity index (χ0) is 21.4. The number of fused-ring (bicyclic) bond motifs is 2. The molecule has 2 aliphatic rings. The largest absolute Gasteiger partial charge is 0.350 e. The molecule has 1 saturated heterocycles. The van der Waals surface area contributed by atoms with E-state index in [1.807, 2.05) is 24.1 Å². The Morgan fingerprint density at radius 3 is 2.74 bits per heavy atom. The third kappa shape index (κ3) is 4.03. The van der Waals surface area contributed by atoms with E-state index in [4.69, 9.17) is 0 Å². The summed E-state index contributed by atoms with van der Waals surface area (Å²) in [6, 6.07) is 10.0. The zero-order valence-electron chi connectivity index (χ0n) is 18.2. The average molecular weight is 419 g/mol. The topological polar surface area (TPSA) is 60.1 Å². The lowest BCUT2D eigenvalue weighted by molar-refractivity contribution is -0.131. The van der Waals surface area contributed by atoms with Crippen molar-refractivity contribution in [2.24, 2.45) is 13.0 Å². The molecule has 1 fully saturated rings. The molecule has 31 heavy (non-hydrogen) atoms. The Morgan fingerprint density at radius 2 is 1.90 bits per heavy atom. The fourth-order valence-electron chi connectivity index (χ4n) is 5.18. The van der Waals surface area contributed by atoms with Gasteiger partial charge in [0.15, 0.2) is 0 Å². The van der Waals surface area contributed by atoms with E-state index in [0.717, 1.165) is 79.3 Å². The third-order valence-corrected chi connectivity index (χ3v) is 6.99. The van der Waals surface area contributed by atoms with Crippen LogP contribution < -0.4 is 5.56 Å². The second kappa shape index (κ2) is 8.33. The lowest BCUT2D eigenvalue weighted by Crippen LogP contribution is -2.41. The number of rotatable bonds is 4. The molecule has 3 heterocycles. The van der Waals surface area contributed by atoms with Gasteiger partial charge in [-0.05, 0) is 61.6 Å². The first-order valence-electron chi connectivity index (χ1n) is 11.5. The van der Waals surface area contributed by atoms with Crippen molar-refractivity contribution < 1.29 is 4.79 Å². The third-order valence-electron chi connectivity index (χ3n) is 6.99. The Morgan fingerprint density at radius 1 is 1.13 bits per heavy atom. The molecule has 0 radical (unpaired) electrons. The Kier molecular flexibility index (Phi) is 5.38. The summed E-state index contributed by atoms with van der Waals surface area (Å²) in [5.41, 5.74) is 4.52. The maximum atomic E-state index is 12.9. The van der Waals surface area contributed by atoms with Crippen molar-refractivity contribution >= 4 is 16.8 Å². The SMILES string of the molecule is Cn1cc(CC(=O)N2CCC(Cn3nc4c(cc3=O)CCCC4)CC2)c2ccccc21. The highest BCUT2D eigenvalue weighted by Gasteiger charge is 2.25. The van der Waals surface area contributed by atoms with Crippen molar-refractivity contribution in [3.63, 3.8) is 0 Å². The summed E-state index contributed by atoms with van der Waals surface area (Å²) in [7, 11) is 2.03. The van der Waals surface area contributed by atoms with Crippen molar-refractivity contribution in [2.75, 3.05) is 13.1 Å². The van der Waals surface area contributed by atoms with Crippen LogP contribution in [0, 0.1) is 5.92 Å². The molecule has 1 aliphatic carbocycles. The van der Waals surface area contributed by atoms with Crippen molar-refractivity contribution in [1.82, 2.24) is 19.2 Å². The summed E-state index contributed by atoms with van der Waals surface area (Å²) >= 11 is 0. The molecule has 0 N–H and O–H groups in total. The van der Waals surface area contributed by atoms with E-state index in [2.05, 4.69) is 28.0 Å². The number of carbonyl (C=O) groups is 1. The monoisotopic (exact) mass is 418 g/mol. The molecule has 0 atom stereocenters. The molecular weight excluding hydrogens is 388 g/mol. The van der Waals surface area contributed by atoms with Crippen LogP contribution in [0.15, 0.2) is 41.3 Å². The first-order chi connectivity index (χ1) is 15.1. The van der Waals surface area contributed by atoms with Crippen LogP contribution in [0.5, 0.6) is 0 Å². The molecule has 0 saturated carbocycles. The highest BCUT2D eigenvalue weighted by molar-refractivity contribution is 5.89. The summed E-state index contributed by atoms with van der Waals surface area (Å²) < 4.78 is 3.76. The van der Waals surface area contributed by atoms with E-state index in [-0.39, 0.29) is 11.5 Å². The molecule has 6 nitrogen and oxygen atoms in total. The average Bonchev–Trinajstić information content (AvgIpc) is 3.10. The van der Waals surface area contributed by atoms with Gasteiger partial charge in [0.1, 0.15) is 0 Å². The summed E-state index contributed by atoms with van der Waals surface area (Å²) in [5.74, 6) is 0.590. The molecule has 0 spiro atoms. The molecule has 0 bridgehead atoms. The molecular formula is C25H30N4O2. The van der Waals surface area contributed by atoms with Crippen molar-refractivity contribution in [2.45, 2.75) is 51.5 Å². The number of aromatic nitrogens is 3. The number of hydrogen-bond donors (Lipinski definition) is 0. The van der Waals surface area contributed by atoms with Crippen molar-refractivity contribution in [1.29, 1.82) is 0 Å². The van der Waals surface area contributed by atoms with E-state index in [1.54, 1.807) is 10.7 Å². The van der Waals surface area contributed by atoms with Gasteiger partial charge in [-0.15, -0.1) is 0 Å². The van der Waals surface area contributed by atoms with E-state index in [9.17, 15) is 9.59 Å². The van der Waals surface area contributed by atoms with Gasteiger partial charge in [0, 0.05) is 49.8 Å². The van der Waals surface area contributed by atoms with Crippen LogP contribution in [-0.2, 0) is 37.6 Å². The van der Waals surface area contributed by atoms with Gasteiger partial charge in [-0.1, -0.05) is 18.2 Å². The van der Waals surface area contributed by atoms with E-state index >= 15 is 0 Å². The minimum absolute atomic E-state index is 0.0233. The van der Waals surface area contributed by atoms with Gasteiger partial charge in [-0.25, -0.2) is 4.68 Å². The summed E-state index contributed by atoms with van der Waals surface area (Å²) in [6.45, 7) is 2.18. The lowest BCUT2D eigenvalue weighted by Gasteiger charge is -2.32. The van der Waals surface area contributed by atoms with E-state index in [0.29, 0.717) is 18.9 Å². The highest BCUT2D eigenvalue weighted by Crippen LogP contribution is 2.24.